The van der Waals surface area contributed by atoms with Gasteiger partial charge < -0.3 is 20.1 Å². The highest BCUT2D eigenvalue weighted by Gasteiger charge is 2.50. The number of esters is 1. The van der Waals surface area contributed by atoms with Crippen LogP contribution in [-0.4, -0.2) is 59.3 Å². The molecule has 2 saturated heterocycles. The molecule has 4 aliphatic rings. The Bertz CT molecular complexity index is 950. The number of carbonyl (C=O) groups excluding carboxylic acids is 1. The molecule has 3 fully saturated rings. The highest BCUT2D eigenvalue weighted by molar-refractivity contribution is 5.85. The van der Waals surface area contributed by atoms with Gasteiger partial charge in [-0.3, -0.25) is 9.69 Å². The summed E-state index contributed by atoms with van der Waals surface area (Å²) in [6.07, 6.45) is 3.96. The van der Waals surface area contributed by atoms with Gasteiger partial charge in [-0.1, -0.05) is 18.2 Å². The van der Waals surface area contributed by atoms with Gasteiger partial charge in [0.2, 0.25) is 0 Å². The predicted molar refractivity (Wildman–Crippen MR) is 114 cm³/mol. The number of aliphatic hydroxyl groups excluding tert-OH is 1. The van der Waals surface area contributed by atoms with E-state index in [1.54, 1.807) is 0 Å². The first-order chi connectivity index (χ1) is 14.7. The van der Waals surface area contributed by atoms with Crippen molar-refractivity contribution in [2.45, 2.75) is 50.4 Å². The minimum Gasteiger partial charge on any atom is -0.461 e. The second kappa shape index (κ2) is 7.36. The summed E-state index contributed by atoms with van der Waals surface area (Å²) in [6.45, 7) is 3.73. The fourth-order valence-electron chi connectivity index (χ4n) is 6.64. The molecule has 160 valence electrons. The zero-order valence-corrected chi connectivity index (χ0v) is 17.3. The molecule has 0 radical (unpaired) electrons. The lowest BCUT2D eigenvalue weighted by atomic mass is 9.65. The number of rotatable bonds is 2. The van der Waals surface area contributed by atoms with Gasteiger partial charge in [0.15, 0.2) is 0 Å². The first-order valence-electron chi connectivity index (χ1n) is 11.6. The fourth-order valence-corrected chi connectivity index (χ4v) is 6.64. The number of aliphatic hydroxyl groups is 1. The van der Waals surface area contributed by atoms with Crippen molar-refractivity contribution in [3.8, 4) is 0 Å². The van der Waals surface area contributed by atoms with Crippen LogP contribution in [0.2, 0.25) is 0 Å². The van der Waals surface area contributed by atoms with Crippen LogP contribution in [0.25, 0.3) is 10.9 Å². The zero-order valence-electron chi connectivity index (χ0n) is 17.3. The number of fused-ring (bicyclic) bond motifs is 6. The largest absolute Gasteiger partial charge is 0.461 e. The molecule has 4 heterocycles. The van der Waals surface area contributed by atoms with E-state index >= 15 is 0 Å². The van der Waals surface area contributed by atoms with Crippen molar-refractivity contribution in [1.29, 1.82) is 0 Å². The van der Waals surface area contributed by atoms with E-state index in [1.807, 2.05) is 0 Å². The number of nitrogens with one attached hydrogen (secondary N) is 2. The molecule has 0 spiro atoms. The molecule has 1 saturated carbocycles. The second-order valence-electron chi connectivity index (χ2n) is 9.71. The molecule has 0 unspecified atom stereocenters. The van der Waals surface area contributed by atoms with Crippen molar-refractivity contribution in [2.75, 3.05) is 26.2 Å². The molecular formula is C24H31N3O3. The van der Waals surface area contributed by atoms with Crippen molar-refractivity contribution < 1.29 is 14.6 Å². The Morgan fingerprint density at radius 2 is 2.10 bits per heavy atom. The van der Waals surface area contributed by atoms with E-state index in [9.17, 15) is 9.90 Å². The highest BCUT2D eigenvalue weighted by Crippen LogP contribution is 2.49. The Morgan fingerprint density at radius 3 is 2.97 bits per heavy atom. The fraction of sp³-hybridized carbons (Fsp3) is 0.625. The van der Waals surface area contributed by atoms with Crippen molar-refractivity contribution in [3.05, 3.63) is 35.5 Å². The third kappa shape index (κ3) is 3.00. The first kappa shape index (κ1) is 18.8. The van der Waals surface area contributed by atoms with Gasteiger partial charge in [0.1, 0.15) is 6.10 Å². The van der Waals surface area contributed by atoms with Gasteiger partial charge in [-0.05, 0) is 62.1 Å². The van der Waals surface area contributed by atoms with Crippen molar-refractivity contribution >= 4 is 16.9 Å². The van der Waals surface area contributed by atoms with E-state index in [0.717, 1.165) is 51.9 Å². The van der Waals surface area contributed by atoms with Crippen molar-refractivity contribution in [3.63, 3.8) is 0 Å². The van der Waals surface area contributed by atoms with Gasteiger partial charge in [-0.25, -0.2) is 0 Å². The average Bonchev–Trinajstić information content (AvgIpc) is 3.39. The molecule has 0 amide bonds. The summed E-state index contributed by atoms with van der Waals surface area (Å²) in [5, 5.41) is 15.4. The van der Waals surface area contributed by atoms with E-state index in [2.05, 4.69) is 39.5 Å². The van der Waals surface area contributed by atoms with Crippen LogP contribution in [0.5, 0.6) is 0 Å². The maximum Gasteiger partial charge on any atom is 0.312 e. The van der Waals surface area contributed by atoms with Crippen LogP contribution in [0.15, 0.2) is 24.3 Å². The number of ether oxygens (including phenoxy) is 1. The molecule has 6 rings (SSSR count). The third-order valence-electron chi connectivity index (χ3n) is 8.12. The standard InChI is InChI=1S/C24H31N3O3/c28-21-6-5-14-13-27-10-8-17-16-3-1-2-4-19(16)26-23(17)20(27)11-18(14)22(21)24(29)30-15-7-9-25-12-15/h1-4,14-15,18,20-22,25-26,28H,5-13H2/t14-,15+,18-,20-,21-,22+/m0/s1. The third-order valence-corrected chi connectivity index (χ3v) is 8.12. The number of aromatic amines is 1. The lowest BCUT2D eigenvalue weighted by molar-refractivity contribution is -0.167. The molecular weight excluding hydrogens is 378 g/mol. The molecule has 6 atom stereocenters. The highest BCUT2D eigenvalue weighted by atomic mass is 16.5. The number of nitrogens with zero attached hydrogens (tertiary/aromatic N) is 1. The molecule has 0 bridgehead atoms. The number of hydrogen-bond acceptors (Lipinski definition) is 5. The Morgan fingerprint density at radius 1 is 1.20 bits per heavy atom. The molecule has 1 aromatic heterocycles. The topological polar surface area (TPSA) is 77.6 Å². The van der Waals surface area contributed by atoms with E-state index in [4.69, 9.17) is 4.74 Å². The zero-order chi connectivity index (χ0) is 20.2. The molecule has 2 aromatic rings. The minimum absolute atomic E-state index is 0.0415. The van der Waals surface area contributed by atoms with Gasteiger partial charge in [0, 0.05) is 36.2 Å². The van der Waals surface area contributed by atoms with Crippen LogP contribution in [0.4, 0.5) is 0 Å². The predicted octanol–water partition coefficient (Wildman–Crippen LogP) is 2.38. The smallest absolute Gasteiger partial charge is 0.312 e. The minimum atomic E-state index is -0.578. The quantitative estimate of drug-likeness (QED) is 0.664. The van der Waals surface area contributed by atoms with Crippen LogP contribution < -0.4 is 5.32 Å². The number of H-pyrrole nitrogens is 1. The lowest BCUT2D eigenvalue weighted by Crippen LogP contribution is -2.53. The summed E-state index contributed by atoms with van der Waals surface area (Å²) in [7, 11) is 0. The maximum atomic E-state index is 13.1. The number of carbonyl (C=O) groups is 1. The number of para-hydroxylation sites is 1. The SMILES string of the molecule is O=C(O[C@@H]1CCNC1)[C@@H]1[C@H]2C[C@H]3c4[nH]c5ccccc5c4CCN3C[C@@H]2CC[C@@H]1O. The Labute approximate surface area is 177 Å². The average molecular weight is 410 g/mol. The summed E-state index contributed by atoms with van der Waals surface area (Å²) < 4.78 is 5.84. The monoisotopic (exact) mass is 409 g/mol. The van der Waals surface area contributed by atoms with Crippen LogP contribution in [-0.2, 0) is 16.0 Å². The second-order valence-corrected chi connectivity index (χ2v) is 9.71. The van der Waals surface area contributed by atoms with E-state index in [0.29, 0.717) is 18.4 Å². The first-order valence-corrected chi connectivity index (χ1v) is 11.6. The van der Waals surface area contributed by atoms with Gasteiger partial charge >= 0.3 is 5.97 Å². The van der Waals surface area contributed by atoms with Crippen LogP contribution >= 0.6 is 0 Å². The van der Waals surface area contributed by atoms with Gasteiger partial charge in [-0.2, -0.15) is 0 Å². The summed E-state index contributed by atoms with van der Waals surface area (Å²) in [5.74, 6) is 0.0948. The van der Waals surface area contributed by atoms with Gasteiger partial charge in [-0.15, -0.1) is 0 Å². The number of hydrogen-bond donors (Lipinski definition) is 3. The summed E-state index contributed by atoms with van der Waals surface area (Å²) >= 11 is 0. The Balaban J connectivity index is 1.30. The van der Waals surface area contributed by atoms with Crippen LogP contribution in [0, 0.1) is 17.8 Å². The summed E-state index contributed by atoms with van der Waals surface area (Å²) in [5.41, 5.74) is 3.98. The molecule has 3 N–H and O–H groups in total. The number of benzene rings is 1. The summed E-state index contributed by atoms with van der Waals surface area (Å²) in [4.78, 5) is 19.4. The Hall–Kier alpha value is -1.89. The lowest BCUT2D eigenvalue weighted by Gasteiger charge is -2.51. The van der Waals surface area contributed by atoms with E-state index < -0.39 is 6.10 Å². The molecule has 6 heteroatoms. The normalized spacial score (nSPS) is 36.2. The summed E-state index contributed by atoms with van der Waals surface area (Å²) in [6, 6.07) is 8.87. The molecule has 30 heavy (non-hydrogen) atoms. The van der Waals surface area contributed by atoms with Crippen LogP contribution in [0.3, 0.4) is 0 Å². The van der Waals surface area contributed by atoms with E-state index in [1.165, 1.54) is 22.2 Å². The van der Waals surface area contributed by atoms with E-state index in [-0.39, 0.29) is 23.9 Å². The maximum absolute atomic E-state index is 13.1. The van der Waals surface area contributed by atoms with Gasteiger partial charge in [0.05, 0.1) is 18.1 Å². The molecule has 3 aliphatic heterocycles. The van der Waals surface area contributed by atoms with Crippen molar-refractivity contribution in [2.24, 2.45) is 17.8 Å². The number of piperidine rings is 1. The Kier molecular flexibility index (Phi) is 4.62. The van der Waals surface area contributed by atoms with Crippen LogP contribution in [0.1, 0.15) is 43.0 Å². The molecule has 1 aliphatic carbocycles. The van der Waals surface area contributed by atoms with Gasteiger partial charge in [0.25, 0.3) is 0 Å². The molecule has 1 aromatic carbocycles. The van der Waals surface area contributed by atoms with Crippen molar-refractivity contribution in [1.82, 2.24) is 15.2 Å². The molecule has 6 nitrogen and oxygen atoms in total. The number of aromatic nitrogens is 1.